The zero-order valence-corrected chi connectivity index (χ0v) is 13.8. The standard InChI is InChI=1S/C17H18N2O4S/c20-17(13-23-16-8-2-1-3-9-16)18-14-6-4-7-15(12-14)19-10-5-11-24(19,21)22/h1-4,6-9,12H,5,10-11,13H2,(H,18,20). The Morgan fingerprint density at radius 2 is 1.92 bits per heavy atom. The number of hydrogen-bond donors (Lipinski definition) is 1. The third-order valence-corrected chi connectivity index (χ3v) is 5.50. The maximum absolute atomic E-state index is 12.0. The largest absolute Gasteiger partial charge is 0.484 e. The van der Waals surface area contributed by atoms with Crippen LogP contribution in [0.25, 0.3) is 0 Å². The Bertz CT molecular complexity index is 821. The number of benzene rings is 2. The first kappa shape index (κ1) is 16.3. The van der Waals surface area contributed by atoms with Crippen molar-refractivity contribution in [3.63, 3.8) is 0 Å². The van der Waals surface area contributed by atoms with Crippen molar-refractivity contribution in [3.8, 4) is 5.75 Å². The van der Waals surface area contributed by atoms with E-state index in [1.165, 1.54) is 4.31 Å². The molecule has 1 fully saturated rings. The smallest absolute Gasteiger partial charge is 0.262 e. The van der Waals surface area contributed by atoms with Crippen molar-refractivity contribution in [2.45, 2.75) is 6.42 Å². The Hall–Kier alpha value is -2.54. The summed E-state index contributed by atoms with van der Waals surface area (Å²) in [5.74, 6) is 0.471. The quantitative estimate of drug-likeness (QED) is 0.901. The van der Waals surface area contributed by atoms with Gasteiger partial charge in [0.05, 0.1) is 11.4 Å². The van der Waals surface area contributed by atoms with Crippen LogP contribution in [-0.4, -0.2) is 33.2 Å². The van der Waals surface area contributed by atoms with E-state index in [1.807, 2.05) is 18.2 Å². The van der Waals surface area contributed by atoms with Gasteiger partial charge in [-0.1, -0.05) is 24.3 Å². The molecule has 1 amide bonds. The summed E-state index contributed by atoms with van der Waals surface area (Å²) in [4.78, 5) is 12.0. The number of ether oxygens (including phenoxy) is 1. The number of carbonyl (C=O) groups excluding carboxylic acids is 1. The van der Waals surface area contributed by atoms with E-state index in [0.29, 0.717) is 30.1 Å². The molecule has 0 atom stereocenters. The Labute approximate surface area is 141 Å². The Morgan fingerprint density at radius 1 is 1.12 bits per heavy atom. The summed E-state index contributed by atoms with van der Waals surface area (Å²) in [7, 11) is -3.24. The molecule has 0 radical (unpaired) electrons. The molecule has 0 spiro atoms. The molecular formula is C17H18N2O4S. The number of rotatable bonds is 5. The zero-order valence-electron chi connectivity index (χ0n) is 13.0. The lowest BCUT2D eigenvalue weighted by atomic mass is 10.2. The molecular weight excluding hydrogens is 328 g/mol. The van der Waals surface area contributed by atoms with Crippen LogP contribution in [0.5, 0.6) is 5.75 Å². The highest BCUT2D eigenvalue weighted by Gasteiger charge is 2.28. The van der Waals surface area contributed by atoms with Gasteiger partial charge < -0.3 is 10.1 Å². The molecule has 126 valence electrons. The SMILES string of the molecule is O=C(COc1ccccc1)Nc1cccc(N2CCCS2(=O)=O)c1. The molecule has 1 saturated heterocycles. The van der Waals surface area contributed by atoms with Crippen molar-refractivity contribution >= 4 is 27.3 Å². The van der Waals surface area contributed by atoms with E-state index in [1.54, 1.807) is 36.4 Å². The summed E-state index contributed by atoms with van der Waals surface area (Å²) >= 11 is 0. The normalized spacial score (nSPS) is 15.9. The van der Waals surface area contributed by atoms with Crippen LogP contribution in [0.2, 0.25) is 0 Å². The van der Waals surface area contributed by atoms with Crippen LogP contribution in [-0.2, 0) is 14.8 Å². The molecule has 0 saturated carbocycles. The minimum atomic E-state index is -3.24. The molecule has 1 aliphatic rings. The van der Waals surface area contributed by atoms with Crippen LogP contribution >= 0.6 is 0 Å². The first-order valence-electron chi connectivity index (χ1n) is 7.63. The highest BCUT2D eigenvalue weighted by Crippen LogP contribution is 2.26. The minimum Gasteiger partial charge on any atom is -0.484 e. The molecule has 1 N–H and O–H groups in total. The van der Waals surface area contributed by atoms with Crippen molar-refractivity contribution in [1.29, 1.82) is 0 Å². The fourth-order valence-corrected chi connectivity index (χ4v) is 4.09. The summed E-state index contributed by atoms with van der Waals surface area (Å²) in [6.07, 6.45) is 0.615. The average molecular weight is 346 g/mol. The Balaban J connectivity index is 1.63. The lowest BCUT2D eigenvalue weighted by molar-refractivity contribution is -0.118. The average Bonchev–Trinajstić information content (AvgIpc) is 2.93. The first-order chi connectivity index (χ1) is 11.5. The summed E-state index contributed by atoms with van der Waals surface area (Å²) in [5.41, 5.74) is 1.10. The van der Waals surface area contributed by atoms with Gasteiger partial charge in [0, 0.05) is 12.2 Å². The highest BCUT2D eigenvalue weighted by atomic mass is 32.2. The fraction of sp³-hybridized carbons (Fsp3) is 0.235. The van der Waals surface area contributed by atoms with E-state index in [4.69, 9.17) is 4.74 Å². The molecule has 7 heteroatoms. The number of nitrogens with zero attached hydrogens (tertiary/aromatic N) is 1. The molecule has 0 aliphatic carbocycles. The molecule has 1 heterocycles. The van der Waals surface area contributed by atoms with Gasteiger partial charge in [0.15, 0.2) is 6.61 Å². The molecule has 2 aromatic rings. The lowest BCUT2D eigenvalue weighted by Gasteiger charge is -2.17. The van der Waals surface area contributed by atoms with Crippen LogP contribution < -0.4 is 14.4 Å². The molecule has 0 aromatic heterocycles. The van der Waals surface area contributed by atoms with Gasteiger partial charge in [-0.2, -0.15) is 0 Å². The lowest BCUT2D eigenvalue weighted by Crippen LogP contribution is -2.25. The summed E-state index contributed by atoms with van der Waals surface area (Å²) in [5, 5.41) is 2.72. The second-order valence-electron chi connectivity index (χ2n) is 5.44. The third kappa shape index (κ3) is 3.86. The predicted molar refractivity (Wildman–Crippen MR) is 92.8 cm³/mol. The van der Waals surface area contributed by atoms with Gasteiger partial charge in [0.1, 0.15) is 5.75 Å². The van der Waals surface area contributed by atoms with Gasteiger partial charge in [0.2, 0.25) is 10.0 Å². The number of para-hydroxylation sites is 1. The fourth-order valence-electron chi connectivity index (χ4n) is 2.53. The van der Waals surface area contributed by atoms with Crippen molar-refractivity contribution < 1.29 is 17.9 Å². The minimum absolute atomic E-state index is 0.115. The maximum atomic E-state index is 12.0. The van der Waals surface area contributed by atoms with Crippen LogP contribution in [0.3, 0.4) is 0 Å². The molecule has 3 rings (SSSR count). The molecule has 0 bridgehead atoms. The van der Waals surface area contributed by atoms with Crippen LogP contribution in [0.4, 0.5) is 11.4 Å². The number of hydrogen-bond acceptors (Lipinski definition) is 4. The van der Waals surface area contributed by atoms with Gasteiger partial charge >= 0.3 is 0 Å². The molecule has 1 aliphatic heterocycles. The van der Waals surface area contributed by atoms with Crippen LogP contribution in [0.1, 0.15) is 6.42 Å². The zero-order chi connectivity index (χ0) is 17.0. The van der Waals surface area contributed by atoms with Crippen molar-refractivity contribution in [2.75, 3.05) is 28.5 Å². The summed E-state index contributed by atoms with van der Waals surface area (Å²) in [6, 6.07) is 15.9. The number of carbonyl (C=O) groups is 1. The van der Waals surface area contributed by atoms with Gasteiger partial charge in [0.25, 0.3) is 5.91 Å². The van der Waals surface area contributed by atoms with Gasteiger partial charge in [-0.05, 0) is 36.8 Å². The number of amides is 1. The second kappa shape index (κ2) is 6.92. The number of nitrogens with one attached hydrogen (secondary N) is 1. The van der Waals surface area contributed by atoms with E-state index >= 15 is 0 Å². The van der Waals surface area contributed by atoms with E-state index < -0.39 is 10.0 Å². The topological polar surface area (TPSA) is 75.7 Å². The van der Waals surface area contributed by atoms with E-state index in [9.17, 15) is 13.2 Å². The Kier molecular flexibility index (Phi) is 4.71. The Morgan fingerprint density at radius 3 is 2.62 bits per heavy atom. The molecule has 0 unspecified atom stereocenters. The summed E-state index contributed by atoms with van der Waals surface area (Å²) in [6.45, 7) is 0.354. The molecule has 24 heavy (non-hydrogen) atoms. The molecule has 2 aromatic carbocycles. The highest BCUT2D eigenvalue weighted by molar-refractivity contribution is 7.93. The van der Waals surface area contributed by atoms with Crippen molar-refractivity contribution in [1.82, 2.24) is 0 Å². The van der Waals surface area contributed by atoms with Gasteiger partial charge in [-0.25, -0.2) is 8.42 Å². The van der Waals surface area contributed by atoms with Crippen LogP contribution in [0.15, 0.2) is 54.6 Å². The van der Waals surface area contributed by atoms with Crippen LogP contribution in [0, 0.1) is 0 Å². The number of sulfonamides is 1. The van der Waals surface area contributed by atoms with E-state index in [0.717, 1.165) is 0 Å². The maximum Gasteiger partial charge on any atom is 0.262 e. The van der Waals surface area contributed by atoms with E-state index in [2.05, 4.69) is 5.32 Å². The molecule has 6 nitrogen and oxygen atoms in total. The number of anilines is 2. The van der Waals surface area contributed by atoms with Crippen molar-refractivity contribution in [3.05, 3.63) is 54.6 Å². The van der Waals surface area contributed by atoms with Crippen molar-refractivity contribution in [2.24, 2.45) is 0 Å². The monoisotopic (exact) mass is 346 g/mol. The van der Waals surface area contributed by atoms with E-state index in [-0.39, 0.29) is 18.3 Å². The second-order valence-corrected chi connectivity index (χ2v) is 7.45. The third-order valence-electron chi connectivity index (χ3n) is 3.63. The first-order valence-corrected chi connectivity index (χ1v) is 9.24. The van der Waals surface area contributed by atoms with Gasteiger partial charge in [-0.15, -0.1) is 0 Å². The summed E-state index contributed by atoms with van der Waals surface area (Å²) < 4.78 is 30.7. The van der Waals surface area contributed by atoms with Gasteiger partial charge in [-0.3, -0.25) is 9.10 Å². The predicted octanol–water partition coefficient (Wildman–Crippen LogP) is 2.24.